The summed E-state index contributed by atoms with van der Waals surface area (Å²) in [4.78, 5) is 28.6. The minimum Gasteiger partial charge on any atom is -0.343 e. The maximum absolute atomic E-state index is 12.8. The van der Waals surface area contributed by atoms with E-state index in [9.17, 15) is 14.0 Å². The normalized spacial score (nSPS) is 23.2. The Hall–Kier alpha value is -1.95. The molecular formula is C31H54FN3O2. The summed E-state index contributed by atoms with van der Waals surface area (Å²) in [5.41, 5.74) is 0.377. The summed E-state index contributed by atoms with van der Waals surface area (Å²) in [5, 5.41) is 0. The Kier molecular flexibility index (Phi) is 15.7. The van der Waals surface area contributed by atoms with Gasteiger partial charge < -0.3 is 14.7 Å². The van der Waals surface area contributed by atoms with Crippen LogP contribution in [0.5, 0.6) is 0 Å². The van der Waals surface area contributed by atoms with Gasteiger partial charge in [-0.2, -0.15) is 0 Å². The zero-order chi connectivity index (χ0) is 26.4. The van der Waals surface area contributed by atoms with Gasteiger partial charge in [0.05, 0.1) is 0 Å². The van der Waals surface area contributed by atoms with Crippen LogP contribution >= 0.6 is 0 Å². The second kappa shape index (κ2) is 17.5. The number of carbonyl (C=O) groups is 2. The van der Waals surface area contributed by atoms with Gasteiger partial charge in [-0.15, -0.1) is 0 Å². The van der Waals surface area contributed by atoms with Crippen LogP contribution < -0.4 is 0 Å². The van der Waals surface area contributed by atoms with Gasteiger partial charge in [-0.3, -0.25) is 9.59 Å². The monoisotopic (exact) mass is 519 g/mol. The Labute approximate surface area is 226 Å². The SMILES string of the molecule is C.CC.CC(CCCC(=O)N1CCCC1)N(C)C1CC(F)C1.O=CN1CCCC12CC2.c1ccccc1. The molecule has 0 bridgehead atoms. The van der Waals surface area contributed by atoms with Crippen molar-refractivity contribution in [2.75, 3.05) is 26.7 Å². The molecular weight excluding hydrogens is 465 g/mol. The molecule has 2 aliphatic heterocycles. The van der Waals surface area contributed by atoms with E-state index in [-0.39, 0.29) is 7.43 Å². The summed E-state index contributed by atoms with van der Waals surface area (Å²) in [5.74, 6) is 0.319. The standard InChI is InChI=1S/C15H27FN2O.C7H11NO.C6H6.C2H6.CH4/c1-12(17(2)14-10-13(16)11-14)6-5-7-15(19)18-8-3-4-9-18;9-6-8-5-1-2-7(8)3-4-7;1-2-4-6-5-3-1;1-2;/h12-14H,3-11H2,1-2H3;6H,1-5H2;1-6H;1-2H3;1H4. The van der Waals surface area contributed by atoms with Crippen LogP contribution in [0.2, 0.25) is 0 Å². The van der Waals surface area contributed by atoms with Crippen molar-refractivity contribution in [1.29, 1.82) is 0 Å². The molecule has 0 N–H and O–H groups in total. The van der Waals surface area contributed by atoms with E-state index >= 15 is 0 Å². The van der Waals surface area contributed by atoms with Crippen LogP contribution in [-0.4, -0.2) is 77.5 Å². The minimum atomic E-state index is -0.587. The van der Waals surface area contributed by atoms with Crippen molar-refractivity contribution in [2.45, 2.75) is 123 Å². The number of nitrogens with zero attached hydrogens (tertiary/aromatic N) is 3. The minimum absolute atomic E-state index is 0. The first-order valence-corrected chi connectivity index (χ1v) is 14.3. The molecule has 2 aliphatic carbocycles. The molecule has 4 fully saturated rings. The van der Waals surface area contributed by atoms with Crippen LogP contribution in [0.1, 0.15) is 98.8 Å². The van der Waals surface area contributed by atoms with Gasteiger partial charge in [0.2, 0.25) is 12.3 Å². The Morgan fingerprint density at radius 1 is 1.00 bits per heavy atom. The first kappa shape index (κ1) is 33.1. The number of benzene rings is 1. The maximum Gasteiger partial charge on any atom is 0.222 e. The smallest absolute Gasteiger partial charge is 0.222 e. The molecule has 0 radical (unpaired) electrons. The average molecular weight is 520 g/mol. The molecule has 2 heterocycles. The number of alkyl halides is 1. The Morgan fingerprint density at radius 3 is 1.97 bits per heavy atom. The van der Waals surface area contributed by atoms with Crippen molar-refractivity contribution in [3.05, 3.63) is 36.4 Å². The van der Waals surface area contributed by atoms with Crippen LogP contribution in [0.3, 0.4) is 0 Å². The van der Waals surface area contributed by atoms with Crippen LogP contribution in [-0.2, 0) is 9.59 Å². The van der Waals surface area contributed by atoms with E-state index in [1.807, 2.05) is 60.0 Å². The number of hydrogen-bond acceptors (Lipinski definition) is 3. The Bertz CT molecular complexity index is 705. The lowest BCUT2D eigenvalue weighted by Gasteiger charge is -2.40. The van der Waals surface area contributed by atoms with Gasteiger partial charge in [0.1, 0.15) is 6.17 Å². The van der Waals surface area contributed by atoms with Crippen molar-refractivity contribution in [1.82, 2.24) is 14.7 Å². The highest BCUT2D eigenvalue weighted by atomic mass is 19.1. The fourth-order valence-electron chi connectivity index (χ4n) is 5.28. The number of carbonyl (C=O) groups excluding carboxylic acids is 2. The molecule has 1 aromatic rings. The van der Waals surface area contributed by atoms with E-state index < -0.39 is 6.17 Å². The maximum atomic E-state index is 12.8. The molecule has 0 aromatic heterocycles. The number of likely N-dealkylation sites (tertiary alicyclic amines) is 2. The average Bonchev–Trinajstić information content (AvgIpc) is 3.28. The fraction of sp³-hybridized carbons (Fsp3) is 0.742. The number of hydrogen-bond donors (Lipinski definition) is 0. The van der Waals surface area contributed by atoms with Crippen LogP contribution in [0.25, 0.3) is 0 Å². The lowest BCUT2D eigenvalue weighted by molar-refractivity contribution is -0.130. The third-order valence-electron chi connectivity index (χ3n) is 8.07. The lowest BCUT2D eigenvalue weighted by atomic mass is 9.88. The molecule has 37 heavy (non-hydrogen) atoms. The van der Waals surface area contributed by atoms with E-state index in [1.165, 1.54) is 25.7 Å². The second-order valence-electron chi connectivity index (χ2n) is 10.5. The first-order valence-electron chi connectivity index (χ1n) is 14.3. The Balaban J connectivity index is 0.000000313. The molecule has 2 amide bonds. The van der Waals surface area contributed by atoms with E-state index in [1.54, 1.807) is 0 Å². The molecule has 6 heteroatoms. The molecule has 5 nitrogen and oxygen atoms in total. The number of halogens is 1. The van der Waals surface area contributed by atoms with Crippen molar-refractivity contribution in [3.63, 3.8) is 0 Å². The molecule has 4 aliphatic rings. The van der Waals surface area contributed by atoms with Gasteiger partial charge in [0.25, 0.3) is 0 Å². The molecule has 1 aromatic carbocycles. The predicted molar refractivity (Wildman–Crippen MR) is 153 cm³/mol. The molecule has 1 atom stereocenters. The van der Waals surface area contributed by atoms with E-state index in [4.69, 9.17) is 0 Å². The number of amides is 2. The molecule has 1 spiro atoms. The van der Waals surface area contributed by atoms with E-state index in [2.05, 4.69) is 18.9 Å². The zero-order valence-corrected chi connectivity index (χ0v) is 23.2. The largest absolute Gasteiger partial charge is 0.343 e. The summed E-state index contributed by atoms with van der Waals surface area (Å²) in [6, 6.07) is 12.9. The van der Waals surface area contributed by atoms with Crippen molar-refractivity contribution in [2.24, 2.45) is 0 Å². The second-order valence-corrected chi connectivity index (χ2v) is 10.5. The Morgan fingerprint density at radius 2 is 1.54 bits per heavy atom. The summed E-state index contributed by atoms with van der Waals surface area (Å²) >= 11 is 0. The van der Waals surface area contributed by atoms with Gasteiger partial charge >= 0.3 is 0 Å². The summed E-state index contributed by atoms with van der Waals surface area (Å²) in [6.07, 6.45) is 11.8. The van der Waals surface area contributed by atoms with E-state index in [0.717, 1.165) is 51.7 Å². The predicted octanol–water partition coefficient (Wildman–Crippen LogP) is 6.72. The quantitative estimate of drug-likeness (QED) is 0.376. The third kappa shape index (κ3) is 10.7. The van der Waals surface area contributed by atoms with Gasteiger partial charge in [-0.25, -0.2) is 4.39 Å². The fourth-order valence-corrected chi connectivity index (χ4v) is 5.28. The zero-order valence-electron chi connectivity index (χ0n) is 23.2. The topological polar surface area (TPSA) is 43.9 Å². The van der Waals surface area contributed by atoms with Gasteiger partial charge in [-0.1, -0.05) is 57.7 Å². The number of rotatable bonds is 7. The van der Waals surface area contributed by atoms with Crippen LogP contribution in [0, 0.1) is 0 Å². The van der Waals surface area contributed by atoms with Crippen molar-refractivity contribution in [3.8, 4) is 0 Å². The van der Waals surface area contributed by atoms with Crippen LogP contribution in [0.15, 0.2) is 36.4 Å². The van der Waals surface area contributed by atoms with Gasteiger partial charge in [0, 0.05) is 43.7 Å². The molecule has 5 rings (SSSR count). The van der Waals surface area contributed by atoms with E-state index in [0.29, 0.717) is 42.8 Å². The highest BCUT2D eigenvalue weighted by Gasteiger charge is 2.50. The van der Waals surface area contributed by atoms with Crippen LogP contribution in [0.4, 0.5) is 4.39 Å². The first-order chi connectivity index (χ1) is 17.4. The molecule has 212 valence electrons. The summed E-state index contributed by atoms with van der Waals surface area (Å²) in [6.45, 7) is 9.10. The van der Waals surface area contributed by atoms with Crippen molar-refractivity contribution >= 4 is 12.3 Å². The molecule has 2 saturated carbocycles. The molecule has 1 unspecified atom stereocenters. The van der Waals surface area contributed by atoms with Gasteiger partial charge in [-0.05, 0) is 78.2 Å². The summed E-state index contributed by atoms with van der Waals surface area (Å²) in [7, 11) is 2.09. The van der Waals surface area contributed by atoms with Crippen molar-refractivity contribution < 1.29 is 14.0 Å². The highest BCUT2D eigenvalue weighted by molar-refractivity contribution is 5.76. The summed E-state index contributed by atoms with van der Waals surface area (Å²) < 4.78 is 12.8. The lowest BCUT2D eigenvalue weighted by Crippen LogP contribution is -2.47. The highest BCUT2D eigenvalue weighted by Crippen LogP contribution is 2.48. The van der Waals surface area contributed by atoms with Gasteiger partial charge in [0.15, 0.2) is 0 Å². The third-order valence-corrected chi connectivity index (χ3v) is 8.07. The molecule has 2 saturated heterocycles.